The highest BCUT2D eigenvalue weighted by atomic mass is 32.2. The number of aliphatic hydroxyl groups is 1. The Morgan fingerprint density at radius 2 is 1.33 bits per heavy atom. The van der Waals surface area contributed by atoms with Crippen molar-refractivity contribution in [3.63, 3.8) is 0 Å². The Morgan fingerprint density at radius 3 is 1.90 bits per heavy atom. The Kier molecular flexibility index (Phi) is 35.1. The molecule has 7 aromatic rings. The van der Waals surface area contributed by atoms with Crippen molar-refractivity contribution in [1.82, 2.24) is 83.0 Å². The minimum absolute atomic E-state index is 0.00453. The predicted octanol–water partition coefficient (Wildman–Crippen LogP) is 0.257. The Balaban J connectivity index is 0.000000548. The third-order valence-electron chi connectivity index (χ3n) is 18.7. The van der Waals surface area contributed by atoms with Gasteiger partial charge < -0.3 is 99.4 Å². The van der Waals surface area contributed by atoms with Crippen LogP contribution in [0, 0.1) is 11.7 Å². The number of imidazole rings is 1. The number of aromatic hydroxyl groups is 1. The Morgan fingerprint density at radius 1 is 0.730 bits per heavy atom. The minimum Gasteiger partial charge on any atom is -0.508 e. The van der Waals surface area contributed by atoms with E-state index in [9.17, 15) is 84.5 Å². The number of rotatable bonds is 36. The molecule has 0 spiro atoms. The van der Waals surface area contributed by atoms with E-state index in [0.29, 0.717) is 45.4 Å². The quantitative estimate of drug-likeness (QED) is 0.0108. The lowest BCUT2D eigenvalue weighted by Gasteiger charge is -2.31. The molecular formula is C78H102F3N21O19S. The van der Waals surface area contributed by atoms with E-state index in [4.69, 9.17) is 41.7 Å². The van der Waals surface area contributed by atoms with E-state index in [1.165, 1.54) is 89.9 Å². The predicted molar refractivity (Wildman–Crippen MR) is 434 cm³/mol. The summed E-state index contributed by atoms with van der Waals surface area (Å²) in [6.45, 7) is 8.36. The van der Waals surface area contributed by atoms with Gasteiger partial charge in [-0.1, -0.05) is 44.2 Å². The summed E-state index contributed by atoms with van der Waals surface area (Å²) in [6.07, 6.45) is 2.07. The van der Waals surface area contributed by atoms with Gasteiger partial charge in [-0.05, 0) is 143 Å². The highest BCUT2D eigenvalue weighted by Gasteiger charge is 2.41. The number of aliphatic hydroxyl groups excluding tert-OH is 1. The number of nitrogens with zero attached hydrogens (tertiary/aromatic N) is 5. The van der Waals surface area contributed by atoms with Crippen LogP contribution >= 0.6 is 0 Å². The number of hydrazine groups is 1. The molecule has 2 fully saturated rings. The summed E-state index contributed by atoms with van der Waals surface area (Å²) >= 11 is 0. The maximum atomic E-state index is 14.8. The van der Waals surface area contributed by atoms with Gasteiger partial charge in [0.1, 0.15) is 65.8 Å². The van der Waals surface area contributed by atoms with Gasteiger partial charge >= 0.3 is 6.03 Å². The van der Waals surface area contributed by atoms with Crippen molar-refractivity contribution in [1.29, 1.82) is 0 Å². The number of amides is 12. The van der Waals surface area contributed by atoms with Crippen LogP contribution in [0.4, 0.5) is 18.0 Å². The van der Waals surface area contributed by atoms with Crippen molar-refractivity contribution < 1.29 is 104 Å². The fraction of sp³-hybridized carbons (Fsp3) is 0.423. The summed E-state index contributed by atoms with van der Waals surface area (Å²) in [6, 6.07) is 9.63. The van der Waals surface area contributed by atoms with Gasteiger partial charge in [-0.15, -0.1) is 0 Å². The van der Waals surface area contributed by atoms with E-state index in [0.717, 1.165) is 19.1 Å². The number of guanidine groups is 1. The maximum absolute atomic E-state index is 14.8. The van der Waals surface area contributed by atoms with Crippen molar-refractivity contribution >= 4 is 98.0 Å². The molecule has 0 aliphatic carbocycles. The molecule has 0 bridgehead atoms. The van der Waals surface area contributed by atoms with E-state index >= 15 is 0 Å². The average molecular weight is 1730 g/mol. The van der Waals surface area contributed by atoms with Crippen LogP contribution in [0.2, 0.25) is 0 Å². The van der Waals surface area contributed by atoms with Crippen molar-refractivity contribution in [3.8, 4) is 28.4 Å². The number of primary amides is 1. The zero-order chi connectivity index (χ0) is 89.9. The number of phenolic OH excluding ortho intramolecular Hbond substituents is 1. The summed E-state index contributed by atoms with van der Waals surface area (Å²) < 4.78 is 75.1. The van der Waals surface area contributed by atoms with E-state index in [2.05, 4.69) is 73.0 Å². The van der Waals surface area contributed by atoms with Gasteiger partial charge in [-0.25, -0.2) is 46.6 Å². The van der Waals surface area contributed by atoms with E-state index in [-0.39, 0.29) is 111 Å². The number of alkyl halides is 2. The number of para-hydroxylation sites is 1. The molecule has 9 rings (SSSR count). The SMILES string of the molecule is CC(=O)O.CC(C)C[C@H](NC(=O)[C@@H](COC(C)(C)C)NC(=O)[C@H](Cc1ccc(O)cc1)NC(=O)[C@H](CO)NC(=O)[C@H](Cc1c[nH]c2ccccc12)NC(=O)[C@H](Cc1cnc[nH]1)NC(=O)[C@@H]1CCC(=O)N1)C(=O)N[C@@H](CCCN=C(N)N)C(=O)N1CCC[C@H]1C(=O)NNC(N)=O.COc1ccc(-c2cc(C(F)F)nn2-c2ccc(S(N)(=O)=O)cc2)cc1F. The highest BCUT2D eigenvalue weighted by Crippen LogP contribution is 2.32. The number of nitrogens with two attached hydrogens (primary N) is 4. The zero-order valence-corrected chi connectivity index (χ0v) is 68.5. The van der Waals surface area contributed by atoms with Crippen molar-refractivity contribution in [2.24, 2.45) is 33.3 Å². The number of hydrogen-bond donors (Lipinski definition) is 19. The van der Waals surface area contributed by atoms with Crippen LogP contribution in [-0.2, 0) is 86.8 Å². The summed E-state index contributed by atoms with van der Waals surface area (Å²) in [5, 5.41) is 59.1. The molecule has 12 amide bonds. The summed E-state index contributed by atoms with van der Waals surface area (Å²) in [5.41, 5.74) is 21.9. The number of carbonyl (C=O) groups is 12. The molecule has 2 saturated heterocycles. The van der Waals surface area contributed by atoms with Crippen LogP contribution in [-0.4, -0.2) is 224 Å². The second-order valence-corrected chi connectivity index (χ2v) is 31.3. The molecule has 0 radical (unpaired) electrons. The van der Waals surface area contributed by atoms with Crippen LogP contribution < -0.4 is 80.5 Å². The molecule has 23 N–H and O–H groups in total. The monoisotopic (exact) mass is 1730 g/mol. The first-order chi connectivity index (χ1) is 57.6. The molecule has 4 aromatic carbocycles. The second-order valence-electron chi connectivity index (χ2n) is 29.7. The molecular weight excluding hydrogens is 1620 g/mol. The molecule has 3 aromatic heterocycles. The van der Waals surface area contributed by atoms with Gasteiger partial charge in [0.25, 0.3) is 18.3 Å². The Bertz CT molecular complexity index is 4960. The molecule has 122 heavy (non-hydrogen) atoms. The first-order valence-electron chi connectivity index (χ1n) is 38.3. The smallest absolute Gasteiger partial charge is 0.330 e. The van der Waals surface area contributed by atoms with Gasteiger partial charge in [-0.3, -0.25) is 63.2 Å². The number of fused-ring (bicyclic) bond motifs is 1. The normalized spacial score (nSPS) is 15.5. The third-order valence-corrected chi connectivity index (χ3v) is 19.6. The Hall–Kier alpha value is -13.2. The molecule has 0 saturated carbocycles. The summed E-state index contributed by atoms with van der Waals surface area (Å²) in [4.78, 5) is 176. The number of carboxylic acids is 1. The molecule has 44 heteroatoms. The standard InChI is InChI=1S/C59H84N18O14.C17H14F3N3O3S.C2H4O2/c1-31(2)22-40(49(82)68-39(12-8-20-64-57(60)61)56(89)77-21-9-13-46(77)55(88)75-76-58(62)90)69-54(87)45(29-91-59(3,4)5)74-50(83)41(23-32-14-16-35(79)17-15-32)70-53(86)44(28-78)73-51(84)42(24-33-26-65-37-11-7-6-10-36(33)37)71-52(85)43(25-34-27-63-30-66-34)72-48(81)38-18-19-47(80)67-38;1-26-16-7-2-10(8-13(16)18)15-9-14(17(19)20)22-23(15)11-3-5-12(6-4-11)27(21,24)25;1-2(3)4/h6-7,10-11,14-17,26-27,30-31,38-46,65,78-79H,8-9,12-13,18-25,28-29H2,1-5H3,(H,63,66)(H,67,80)(H,68,82)(H,69,87)(H,70,86)(H,71,85)(H,72,81)(H,73,84)(H,74,83)(H,75,88)(H4,60,61,64)(H3,62,76,90);2-9,17H,1H3,(H2,21,24,25);1H3,(H,3,4)/t38-,39-,40-,41-,42-,43-,44-,45+,46-;;/m0../s1. The number of likely N-dealkylation sites (tertiary alicyclic amines) is 1. The lowest BCUT2D eigenvalue weighted by Crippen LogP contribution is -2.62. The van der Waals surface area contributed by atoms with Crippen LogP contribution in [0.1, 0.15) is 115 Å². The average Bonchev–Trinajstić information content (AvgIpc) is 1.65. The van der Waals surface area contributed by atoms with Crippen molar-refractivity contribution in [3.05, 3.63) is 144 Å². The number of sulfonamides is 1. The lowest BCUT2D eigenvalue weighted by molar-refractivity contribution is -0.142. The number of aliphatic imine (C=N–C) groups is 1. The Labute approximate surface area is 698 Å². The van der Waals surface area contributed by atoms with Gasteiger partial charge in [0, 0.05) is 80.3 Å². The number of methoxy groups -OCH3 is 1. The number of ether oxygens (including phenoxy) is 2. The highest BCUT2D eigenvalue weighted by molar-refractivity contribution is 7.89. The van der Waals surface area contributed by atoms with Gasteiger partial charge in [-0.2, -0.15) is 5.10 Å². The number of carbonyl (C=O) groups excluding carboxylic acids is 11. The third kappa shape index (κ3) is 29.3. The number of halogens is 3. The molecule has 660 valence electrons. The number of aliphatic carboxylic acids is 1. The topological polar surface area (TPSA) is 620 Å². The van der Waals surface area contributed by atoms with Crippen molar-refractivity contribution in [2.75, 3.05) is 33.4 Å². The lowest BCUT2D eigenvalue weighted by atomic mass is 10.0. The van der Waals surface area contributed by atoms with E-state index in [1.54, 1.807) is 65.1 Å². The fourth-order valence-electron chi connectivity index (χ4n) is 12.7. The number of hydrogen-bond acceptors (Lipinski definition) is 21. The number of aromatic amines is 2. The van der Waals surface area contributed by atoms with E-state index < -0.39 is 166 Å². The van der Waals surface area contributed by atoms with Crippen molar-refractivity contribution in [2.45, 2.75) is 177 Å². The molecule has 2 aliphatic rings. The number of benzene rings is 4. The van der Waals surface area contributed by atoms with Gasteiger partial charge in [0.05, 0.1) is 48.5 Å². The number of urea groups is 1. The molecule has 2 aliphatic heterocycles. The molecule has 0 unspecified atom stereocenters. The number of carboxylic acid groups (broad SMARTS) is 1. The van der Waals surface area contributed by atoms with Crippen LogP contribution in [0.3, 0.4) is 0 Å². The number of H-pyrrole nitrogens is 2. The van der Waals surface area contributed by atoms with Gasteiger partial charge in [0.15, 0.2) is 17.5 Å². The summed E-state index contributed by atoms with van der Waals surface area (Å²) in [5.74, 6) is -10.1. The fourth-order valence-corrected chi connectivity index (χ4v) is 13.3. The molecule has 40 nitrogen and oxygen atoms in total. The first-order valence-corrected chi connectivity index (χ1v) is 39.9. The first kappa shape index (κ1) is 95.9. The van der Waals surface area contributed by atoms with Crippen LogP contribution in [0.25, 0.3) is 27.8 Å². The maximum Gasteiger partial charge on any atom is 0.330 e. The number of phenols is 1. The van der Waals surface area contributed by atoms with Crippen LogP contribution in [0.15, 0.2) is 126 Å². The van der Waals surface area contributed by atoms with E-state index in [1.807, 2.05) is 5.43 Å². The molecule has 5 heterocycles. The molecule has 9 atom stereocenters. The number of nitrogens with one attached hydrogen (secondary N) is 12. The minimum atomic E-state index is -3.90. The number of aromatic nitrogens is 5. The second kappa shape index (κ2) is 44.7. The summed E-state index contributed by atoms with van der Waals surface area (Å²) in [7, 11) is -2.59. The van der Waals surface area contributed by atoms with Gasteiger partial charge in [0.2, 0.25) is 63.2 Å². The zero-order valence-electron chi connectivity index (χ0n) is 67.7. The number of primary sulfonamides is 1. The van der Waals surface area contributed by atoms with Crippen LogP contribution in [0.5, 0.6) is 11.5 Å². The largest absolute Gasteiger partial charge is 0.508 e.